The van der Waals surface area contributed by atoms with E-state index in [0.717, 1.165) is 30.0 Å². The summed E-state index contributed by atoms with van der Waals surface area (Å²) in [5.74, 6) is 0.795. The summed E-state index contributed by atoms with van der Waals surface area (Å²) in [6, 6.07) is 5.77. The van der Waals surface area contributed by atoms with E-state index >= 15 is 0 Å². The first-order valence-electron chi connectivity index (χ1n) is 5.61. The Labute approximate surface area is 94.0 Å². The SMILES string of the molecule is CCOc1cccc2c1NC(=O)C1(CC1)N2. The van der Waals surface area contributed by atoms with Gasteiger partial charge in [0.15, 0.2) is 0 Å². The number of anilines is 2. The van der Waals surface area contributed by atoms with Gasteiger partial charge < -0.3 is 15.4 Å². The van der Waals surface area contributed by atoms with E-state index < -0.39 is 0 Å². The molecular formula is C12H14N2O2. The summed E-state index contributed by atoms with van der Waals surface area (Å²) in [5, 5.41) is 6.24. The number of nitrogens with one attached hydrogen (secondary N) is 2. The first kappa shape index (κ1) is 9.51. The van der Waals surface area contributed by atoms with Gasteiger partial charge in [-0.05, 0) is 31.9 Å². The van der Waals surface area contributed by atoms with E-state index in [0.29, 0.717) is 6.61 Å². The molecule has 0 radical (unpaired) electrons. The second kappa shape index (κ2) is 3.14. The second-order valence-corrected chi connectivity index (χ2v) is 4.27. The topological polar surface area (TPSA) is 50.4 Å². The third-order valence-electron chi connectivity index (χ3n) is 3.12. The van der Waals surface area contributed by atoms with Crippen LogP contribution in [0, 0.1) is 0 Å². The molecule has 1 aromatic carbocycles. The minimum Gasteiger partial charge on any atom is -0.492 e. The van der Waals surface area contributed by atoms with E-state index in [1.165, 1.54) is 0 Å². The van der Waals surface area contributed by atoms with E-state index in [1.54, 1.807) is 0 Å². The highest BCUT2D eigenvalue weighted by molar-refractivity contribution is 6.09. The van der Waals surface area contributed by atoms with Gasteiger partial charge in [0.1, 0.15) is 17.0 Å². The molecule has 0 atom stereocenters. The molecule has 1 aliphatic carbocycles. The maximum Gasteiger partial charge on any atom is 0.250 e. The van der Waals surface area contributed by atoms with E-state index in [-0.39, 0.29) is 11.4 Å². The summed E-state index contributed by atoms with van der Waals surface area (Å²) in [4.78, 5) is 11.9. The molecule has 0 bridgehead atoms. The van der Waals surface area contributed by atoms with Gasteiger partial charge >= 0.3 is 0 Å². The van der Waals surface area contributed by atoms with Crippen molar-refractivity contribution in [2.45, 2.75) is 25.3 Å². The minimum atomic E-state index is -0.335. The smallest absolute Gasteiger partial charge is 0.250 e. The summed E-state index contributed by atoms with van der Waals surface area (Å²) in [6.45, 7) is 2.53. The quantitative estimate of drug-likeness (QED) is 0.798. The Morgan fingerprint density at radius 1 is 1.44 bits per heavy atom. The van der Waals surface area contributed by atoms with Crippen LogP contribution in [0.3, 0.4) is 0 Å². The molecule has 1 spiro atoms. The van der Waals surface area contributed by atoms with E-state index in [2.05, 4.69) is 10.6 Å². The molecule has 1 aliphatic heterocycles. The molecule has 4 nitrogen and oxygen atoms in total. The Morgan fingerprint density at radius 2 is 2.25 bits per heavy atom. The van der Waals surface area contributed by atoms with Crippen molar-refractivity contribution in [2.24, 2.45) is 0 Å². The minimum absolute atomic E-state index is 0.0622. The molecule has 0 aromatic heterocycles. The summed E-state index contributed by atoms with van der Waals surface area (Å²) >= 11 is 0. The van der Waals surface area contributed by atoms with Gasteiger partial charge in [-0.1, -0.05) is 6.07 Å². The van der Waals surface area contributed by atoms with Crippen molar-refractivity contribution >= 4 is 17.3 Å². The molecule has 2 N–H and O–H groups in total. The molecule has 1 amide bonds. The van der Waals surface area contributed by atoms with Gasteiger partial charge in [-0.25, -0.2) is 0 Å². The predicted molar refractivity (Wildman–Crippen MR) is 61.8 cm³/mol. The number of carbonyl (C=O) groups excluding carboxylic acids is 1. The molecule has 84 valence electrons. The number of rotatable bonds is 2. The number of hydrogen-bond acceptors (Lipinski definition) is 3. The summed E-state index contributed by atoms with van der Waals surface area (Å²) in [6.07, 6.45) is 1.83. The zero-order valence-corrected chi connectivity index (χ0v) is 9.17. The van der Waals surface area contributed by atoms with Crippen LogP contribution < -0.4 is 15.4 Å². The van der Waals surface area contributed by atoms with Gasteiger partial charge in [-0.3, -0.25) is 4.79 Å². The number of para-hydroxylation sites is 1. The molecule has 1 heterocycles. The molecule has 1 saturated carbocycles. The molecule has 4 heteroatoms. The van der Waals surface area contributed by atoms with E-state index in [1.807, 2.05) is 25.1 Å². The van der Waals surface area contributed by atoms with Crippen molar-refractivity contribution in [3.05, 3.63) is 18.2 Å². The van der Waals surface area contributed by atoms with Gasteiger partial charge in [-0.2, -0.15) is 0 Å². The van der Waals surface area contributed by atoms with Crippen LogP contribution in [-0.4, -0.2) is 18.1 Å². The monoisotopic (exact) mass is 218 g/mol. The summed E-state index contributed by atoms with van der Waals surface area (Å²) in [5.41, 5.74) is 1.40. The highest BCUT2D eigenvalue weighted by Gasteiger charge is 2.52. The Bertz CT molecular complexity index is 452. The highest BCUT2D eigenvalue weighted by atomic mass is 16.5. The molecule has 0 saturated heterocycles. The van der Waals surface area contributed by atoms with Crippen LogP contribution >= 0.6 is 0 Å². The predicted octanol–water partition coefficient (Wildman–Crippen LogP) is 1.98. The Hall–Kier alpha value is -1.71. The van der Waals surface area contributed by atoms with E-state index in [9.17, 15) is 4.79 Å². The van der Waals surface area contributed by atoms with Crippen molar-refractivity contribution in [2.75, 3.05) is 17.2 Å². The number of ether oxygens (including phenoxy) is 1. The van der Waals surface area contributed by atoms with Crippen LogP contribution in [-0.2, 0) is 4.79 Å². The lowest BCUT2D eigenvalue weighted by Gasteiger charge is -2.27. The first-order chi connectivity index (χ1) is 7.75. The maximum atomic E-state index is 11.9. The number of hydrogen-bond donors (Lipinski definition) is 2. The standard InChI is InChI=1S/C12H14N2O2/c1-2-16-9-5-3-4-8-10(9)13-11(15)12(14-8)6-7-12/h3-5,14H,2,6-7H2,1H3,(H,13,15). The maximum absolute atomic E-state index is 11.9. The highest BCUT2D eigenvalue weighted by Crippen LogP contribution is 2.47. The molecule has 1 aromatic rings. The van der Waals surface area contributed by atoms with Gasteiger partial charge in [0, 0.05) is 0 Å². The first-order valence-corrected chi connectivity index (χ1v) is 5.61. The Kier molecular flexibility index (Phi) is 1.87. The third kappa shape index (κ3) is 1.26. The lowest BCUT2D eigenvalue weighted by atomic mass is 10.1. The van der Waals surface area contributed by atoms with Gasteiger partial charge in [-0.15, -0.1) is 0 Å². The number of carbonyl (C=O) groups is 1. The lowest BCUT2D eigenvalue weighted by Crippen LogP contribution is -2.41. The fourth-order valence-corrected chi connectivity index (χ4v) is 2.06. The van der Waals surface area contributed by atoms with E-state index in [4.69, 9.17) is 4.74 Å². The molecule has 1 fully saturated rings. The van der Waals surface area contributed by atoms with Gasteiger partial charge in [0.05, 0.1) is 12.3 Å². The zero-order valence-electron chi connectivity index (χ0n) is 9.17. The van der Waals surface area contributed by atoms with Crippen LogP contribution in [0.4, 0.5) is 11.4 Å². The summed E-state index contributed by atoms with van der Waals surface area (Å²) < 4.78 is 5.49. The second-order valence-electron chi connectivity index (χ2n) is 4.27. The van der Waals surface area contributed by atoms with Crippen LogP contribution in [0.2, 0.25) is 0 Å². The largest absolute Gasteiger partial charge is 0.492 e. The van der Waals surface area contributed by atoms with Crippen molar-refractivity contribution in [1.82, 2.24) is 0 Å². The summed E-state index contributed by atoms with van der Waals surface area (Å²) in [7, 11) is 0. The van der Waals surface area contributed by atoms with Crippen molar-refractivity contribution in [1.29, 1.82) is 0 Å². The molecule has 16 heavy (non-hydrogen) atoms. The number of fused-ring (bicyclic) bond motifs is 1. The fraction of sp³-hybridized carbons (Fsp3) is 0.417. The number of amides is 1. The lowest BCUT2D eigenvalue weighted by molar-refractivity contribution is -0.117. The molecule has 2 aliphatic rings. The Morgan fingerprint density at radius 3 is 2.94 bits per heavy atom. The molecular weight excluding hydrogens is 204 g/mol. The van der Waals surface area contributed by atoms with Crippen LogP contribution in [0.15, 0.2) is 18.2 Å². The normalized spacial score (nSPS) is 19.7. The van der Waals surface area contributed by atoms with Crippen LogP contribution in [0.5, 0.6) is 5.75 Å². The van der Waals surface area contributed by atoms with Crippen LogP contribution in [0.1, 0.15) is 19.8 Å². The van der Waals surface area contributed by atoms with Crippen molar-refractivity contribution in [3.63, 3.8) is 0 Å². The van der Waals surface area contributed by atoms with Gasteiger partial charge in [0.2, 0.25) is 5.91 Å². The van der Waals surface area contributed by atoms with Crippen molar-refractivity contribution < 1.29 is 9.53 Å². The molecule has 0 unspecified atom stereocenters. The Balaban J connectivity index is 2.01. The average Bonchev–Trinajstić information content (AvgIpc) is 3.03. The number of benzene rings is 1. The zero-order chi connectivity index (χ0) is 11.2. The molecule has 3 rings (SSSR count). The van der Waals surface area contributed by atoms with Crippen LogP contribution in [0.25, 0.3) is 0 Å². The van der Waals surface area contributed by atoms with Gasteiger partial charge in [0.25, 0.3) is 0 Å². The van der Waals surface area contributed by atoms with Crippen molar-refractivity contribution in [3.8, 4) is 5.75 Å². The third-order valence-corrected chi connectivity index (χ3v) is 3.12. The fourth-order valence-electron chi connectivity index (χ4n) is 2.06. The average molecular weight is 218 g/mol.